The summed E-state index contributed by atoms with van der Waals surface area (Å²) in [5.41, 5.74) is 2.87. The number of halogens is 1. The standard InChI is InChI=1S/C26H34N4O2.HI/c1-3-18-32-24-11-7-6-10-23(24)20-29-26(27-4-2)28-19-21-12-14-22(15-13-21)25(31)30-16-8-5-9-17-30;/h3,6-7,10-15H,1,4-5,8-9,16-20H2,2H3,(H2,27,28,29);1H. The van der Waals surface area contributed by atoms with Gasteiger partial charge in [0.15, 0.2) is 5.96 Å². The molecule has 2 aromatic rings. The van der Waals surface area contributed by atoms with Gasteiger partial charge in [0.25, 0.3) is 5.91 Å². The molecule has 3 rings (SSSR count). The Morgan fingerprint density at radius 2 is 1.82 bits per heavy atom. The number of carbonyl (C=O) groups excluding carboxylic acids is 1. The van der Waals surface area contributed by atoms with Crippen molar-refractivity contribution in [3.63, 3.8) is 0 Å². The molecule has 2 aromatic carbocycles. The number of nitrogens with zero attached hydrogens (tertiary/aromatic N) is 2. The minimum atomic E-state index is 0. The monoisotopic (exact) mass is 562 g/mol. The molecule has 0 aromatic heterocycles. The Morgan fingerprint density at radius 3 is 2.52 bits per heavy atom. The van der Waals surface area contributed by atoms with Crippen molar-refractivity contribution in [2.45, 2.75) is 39.3 Å². The molecule has 33 heavy (non-hydrogen) atoms. The van der Waals surface area contributed by atoms with Crippen LogP contribution < -0.4 is 15.4 Å². The number of guanidine groups is 1. The lowest BCUT2D eigenvalue weighted by atomic mass is 10.1. The molecule has 1 saturated heterocycles. The van der Waals surface area contributed by atoms with Crippen molar-refractivity contribution in [2.75, 3.05) is 26.2 Å². The Hall–Kier alpha value is -2.55. The second-order valence-corrected chi connectivity index (χ2v) is 7.81. The number of aliphatic imine (C=N–C) groups is 1. The van der Waals surface area contributed by atoms with Crippen molar-refractivity contribution < 1.29 is 9.53 Å². The first kappa shape index (κ1) is 26.7. The van der Waals surface area contributed by atoms with Crippen LogP contribution in [0.15, 0.2) is 66.2 Å². The van der Waals surface area contributed by atoms with E-state index in [2.05, 4.69) is 17.2 Å². The van der Waals surface area contributed by atoms with Crippen LogP contribution >= 0.6 is 24.0 Å². The lowest BCUT2D eigenvalue weighted by Crippen LogP contribution is -2.36. The topological polar surface area (TPSA) is 66.0 Å². The summed E-state index contributed by atoms with van der Waals surface area (Å²) in [5, 5.41) is 6.65. The number of likely N-dealkylation sites (tertiary alicyclic amines) is 1. The first-order valence-electron chi connectivity index (χ1n) is 11.4. The number of hydrogen-bond acceptors (Lipinski definition) is 3. The summed E-state index contributed by atoms with van der Waals surface area (Å²) in [6.45, 7) is 9.85. The Labute approximate surface area is 214 Å². The van der Waals surface area contributed by atoms with E-state index < -0.39 is 0 Å². The molecule has 0 unspecified atom stereocenters. The molecule has 2 N–H and O–H groups in total. The van der Waals surface area contributed by atoms with Crippen molar-refractivity contribution in [1.82, 2.24) is 15.5 Å². The fraction of sp³-hybridized carbons (Fsp3) is 0.385. The van der Waals surface area contributed by atoms with Crippen LogP contribution in [0.3, 0.4) is 0 Å². The van der Waals surface area contributed by atoms with Crippen LogP contribution in [0.2, 0.25) is 0 Å². The first-order chi connectivity index (χ1) is 15.7. The Kier molecular flexibility index (Phi) is 11.8. The average Bonchev–Trinajstić information content (AvgIpc) is 2.85. The zero-order valence-electron chi connectivity index (χ0n) is 19.4. The SMILES string of the molecule is C=CCOc1ccccc1CNC(=NCc1ccc(C(=O)N2CCCCC2)cc1)NCC.I. The smallest absolute Gasteiger partial charge is 0.253 e. The number of ether oxygens (including phenoxy) is 1. The predicted octanol–water partition coefficient (Wildman–Crippen LogP) is 4.75. The van der Waals surface area contributed by atoms with Gasteiger partial charge in [-0.15, -0.1) is 24.0 Å². The lowest BCUT2D eigenvalue weighted by molar-refractivity contribution is 0.0724. The maximum Gasteiger partial charge on any atom is 0.253 e. The molecule has 7 heteroatoms. The van der Waals surface area contributed by atoms with Crippen molar-refractivity contribution >= 4 is 35.8 Å². The van der Waals surface area contributed by atoms with Crippen LogP contribution in [0.5, 0.6) is 5.75 Å². The molecule has 0 atom stereocenters. The van der Waals surface area contributed by atoms with Crippen LogP contribution in [0, 0.1) is 0 Å². The summed E-state index contributed by atoms with van der Waals surface area (Å²) in [4.78, 5) is 19.3. The van der Waals surface area contributed by atoms with Gasteiger partial charge in [-0.3, -0.25) is 4.79 Å². The fourth-order valence-corrected chi connectivity index (χ4v) is 3.66. The maximum atomic E-state index is 12.6. The molecule has 1 amide bonds. The number of rotatable bonds is 9. The molecule has 1 aliphatic rings. The normalized spacial score (nSPS) is 13.6. The number of para-hydroxylation sites is 1. The summed E-state index contributed by atoms with van der Waals surface area (Å²) in [6, 6.07) is 15.7. The third-order valence-electron chi connectivity index (χ3n) is 5.38. The molecular weight excluding hydrogens is 527 g/mol. The van der Waals surface area contributed by atoms with Crippen LogP contribution in [0.25, 0.3) is 0 Å². The van der Waals surface area contributed by atoms with Crippen molar-refractivity contribution in [3.05, 3.63) is 77.9 Å². The predicted molar refractivity (Wildman–Crippen MR) is 145 cm³/mol. The fourth-order valence-electron chi connectivity index (χ4n) is 3.66. The van der Waals surface area contributed by atoms with E-state index in [0.717, 1.165) is 60.9 Å². The highest BCUT2D eigenvalue weighted by Crippen LogP contribution is 2.18. The van der Waals surface area contributed by atoms with E-state index >= 15 is 0 Å². The van der Waals surface area contributed by atoms with Crippen molar-refractivity contribution in [2.24, 2.45) is 4.99 Å². The zero-order chi connectivity index (χ0) is 22.6. The third-order valence-corrected chi connectivity index (χ3v) is 5.38. The van der Waals surface area contributed by atoms with Gasteiger partial charge < -0.3 is 20.3 Å². The molecule has 0 radical (unpaired) electrons. The van der Waals surface area contributed by atoms with Gasteiger partial charge >= 0.3 is 0 Å². The van der Waals surface area contributed by atoms with Crippen LogP contribution in [-0.4, -0.2) is 43.0 Å². The number of piperidine rings is 1. The van der Waals surface area contributed by atoms with Gasteiger partial charge in [-0.05, 0) is 49.9 Å². The quantitative estimate of drug-likeness (QED) is 0.201. The minimum absolute atomic E-state index is 0. The third kappa shape index (κ3) is 8.38. The second-order valence-electron chi connectivity index (χ2n) is 7.81. The highest BCUT2D eigenvalue weighted by Gasteiger charge is 2.17. The first-order valence-corrected chi connectivity index (χ1v) is 11.4. The van der Waals surface area contributed by atoms with Crippen molar-refractivity contribution in [3.8, 4) is 5.75 Å². The number of benzene rings is 2. The van der Waals surface area contributed by atoms with Crippen LogP contribution in [0.4, 0.5) is 0 Å². The van der Waals surface area contributed by atoms with E-state index in [1.54, 1.807) is 6.08 Å². The van der Waals surface area contributed by atoms with Crippen LogP contribution in [-0.2, 0) is 13.1 Å². The van der Waals surface area contributed by atoms with E-state index in [1.807, 2.05) is 60.4 Å². The number of hydrogen-bond donors (Lipinski definition) is 2. The van der Waals surface area contributed by atoms with E-state index in [1.165, 1.54) is 6.42 Å². The molecule has 6 nitrogen and oxygen atoms in total. The molecule has 1 aliphatic heterocycles. The number of nitrogens with one attached hydrogen (secondary N) is 2. The molecule has 0 aliphatic carbocycles. The summed E-state index contributed by atoms with van der Waals surface area (Å²) in [7, 11) is 0. The summed E-state index contributed by atoms with van der Waals surface area (Å²) in [6.07, 6.45) is 5.16. The highest BCUT2D eigenvalue weighted by molar-refractivity contribution is 14.0. The molecule has 0 spiro atoms. The van der Waals surface area contributed by atoms with Gasteiger partial charge in [-0.25, -0.2) is 4.99 Å². The average molecular weight is 562 g/mol. The van der Waals surface area contributed by atoms with Gasteiger partial charge in [0.1, 0.15) is 12.4 Å². The lowest BCUT2D eigenvalue weighted by Gasteiger charge is -2.26. The van der Waals surface area contributed by atoms with Crippen LogP contribution in [0.1, 0.15) is 47.7 Å². The van der Waals surface area contributed by atoms with Crippen molar-refractivity contribution in [1.29, 1.82) is 0 Å². The maximum absolute atomic E-state index is 12.6. The largest absolute Gasteiger partial charge is 0.489 e. The van der Waals surface area contributed by atoms with E-state index in [9.17, 15) is 4.79 Å². The summed E-state index contributed by atoms with van der Waals surface area (Å²) < 4.78 is 5.73. The van der Waals surface area contributed by atoms with Gasteiger partial charge in [0, 0.05) is 37.3 Å². The van der Waals surface area contributed by atoms with E-state index in [4.69, 9.17) is 9.73 Å². The highest BCUT2D eigenvalue weighted by atomic mass is 127. The summed E-state index contributed by atoms with van der Waals surface area (Å²) >= 11 is 0. The van der Waals surface area contributed by atoms with Gasteiger partial charge in [-0.2, -0.15) is 0 Å². The Bertz CT molecular complexity index is 909. The molecule has 0 bridgehead atoms. The van der Waals surface area contributed by atoms with Gasteiger partial charge in [-0.1, -0.05) is 43.0 Å². The minimum Gasteiger partial charge on any atom is -0.489 e. The van der Waals surface area contributed by atoms with Gasteiger partial charge in [0.2, 0.25) is 0 Å². The van der Waals surface area contributed by atoms with E-state index in [-0.39, 0.29) is 29.9 Å². The number of carbonyl (C=O) groups is 1. The molecule has 1 heterocycles. The van der Waals surface area contributed by atoms with Gasteiger partial charge in [0.05, 0.1) is 6.54 Å². The molecule has 1 fully saturated rings. The molecule has 178 valence electrons. The zero-order valence-corrected chi connectivity index (χ0v) is 21.7. The molecule has 0 saturated carbocycles. The second kappa shape index (κ2) is 14.6. The number of amides is 1. The summed E-state index contributed by atoms with van der Waals surface area (Å²) in [5.74, 6) is 1.70. The Morgan fingerprint density at radius 1 is 1.09 bits per heavy atom. The molecular formula is C26H35IN4O2. The van der Waals surface area contributed by atoms with E-state index in [0.29, 0.717) is 19.7 Å². The Balaban J connectivity index is 0.00000385.